The first kappa shape index (κ1) is 11.8. The van der Waals surface area contributed by atoms with Crippen molar-refractivity contribution in [2.75, 3.05) is 5.73 Å². The topological polar surface area (TPSA) is 26.0 Å². The second-order valence-corrected chi connectivity index (χ2v) is 6.32. The molecule has 1 nitrogen and oxygen atoms in total. The highest BCUT2D eigenvalue weighted by molar-refractivity contribution is 8.00. The van der Waals surface area contributed by atoms with Gasteiger partial charge in [-0.15, -0.1) is 11.8 Å². The van der Waals surface area contributed by atoms with Crippen LogP contribution in [-0.4, -0.2) is 5.25 Å². The Morgan fingerprint density at radius 1 is 1.31 bits per heavy atom. The summed E-state index contributed by atoms with van der Waals surface area (Å²) < 4.78 is 0. The summed E-state index contributed by atoms with van der Waals surface area (Å²) in [5, 5.41) is 0.796. The van der Waals surface area contributed by atoms with Crippen molar-refractivity contribution in [2.24, 2.45) is 5.92 Å². The van der Waals surface area contributed by atoms with Crippen LogP contribution in [0.2, 0.25) is 0 Å². The molecule has 1 aliphatic carbocycles. The molecule has 1 aliphatic rings. The van der Waals surface area contributed by atoms with E-state index in [1.54, 1.807) is 0 Å². The van der Waals surface area contributed by atoms with Crippen molar-refractivity contribution in [1.82, 2.24) is 0 Å². The molecule has 0 aromatic heterocycles. The fourth-order valence-electron chi connectivity index (χ4n) is 2.42. The average molecular weight is 235 g/mol. The number of rotatable bonds is 2. The van der Waals surface area contributed by atoms with E-state index < -0.39 is 0 Å². The van der Waals surface area contributed by atoms with Crippen molar-refractivity contribution in [3.05, 3.63) is 23.8 Å². The van der Waals surface area contributed by atoms with Gasteiger partial charge in [0, 0.05) is 15.8 Å². The summed E-state index contributed by atoms with van der Waals surface area (Å²) in [5.74, 6) is 0.896. The zero-order valence-corrected chi connectivity index (χ0v) is 11.0. The van der Waals surface area contributed by atoms with Crippen molar-refractivity contribution in [3.8, 4) is 0 Å². The molecule has 1 fully saturated rings. The second-order valence-electron chi connectivity index (χ2n) is 4.98. The molecule has 88 valence electrons. The predicted molar refractivity (Wildman–Crippen MR) is 72.9 cm³/mol. The monoisotopic (exact) mass is 235 g/mol. The molecule has 16 heavy (non-hydrogen) atoms. The molecular formula is C14H21NS. The van der Waals surface area contributed by atoms with Crippen LogP contribution >= 0.6 is 11.8 Å². The Bertz CT molecular complexity index is 362. The molecule has 0 amide bonds. The lowest BCUT2D eigenvalue weighted by Crippen LogP contribution is -2.15. The summed E-state index contributed by atoms with van der Waals surface area (Å²) in [6.45, 7) is 4.50. The van der Waals surface area contributed by atoms with Gasteiger partial charge in [0.1, 0.15) is 0 Å². The molecule has 0 aliphatic heterocycles. The Balaban J connectivity index is 2.05. The molecule has 2 N–H and O–H groups in total. The SMILES string of the molecule is Cc1c(N)cccc1SC1CCCC(C)C1. The fourth-order valence-corrected chi connectivity index (χ4v) is 3.94. The smallest absolute Gasteiger partial charge is 0.0354 e. The van der Waals surface area contributed by atoms with Crippen LogP contribution in [0.1, 0.15) is 38.2 Å². The van der Waals surface area contributed by atoms with Crippen LogP contribution in [0, 0.1) is 12.8 Å². The fraction of sp³-hybridized carbons (Fsp3) is 0.571. The van der Waals surface area contributed by atoms with Crippen molar-refractivity contribution < 1.29 is 0 Å². The zero-order chi connectivity index (χ0) is 11.5. The molecule has 0 bridgehead atoms. The van der Waals surface area contributed by atoms with E-state index in [1.807, 2.05) is 17.8 Å². The number of benzene rings is 1. The quantitative estimate of drug-likeness (QED) is 0.776. The Morgan fingerprint density at radius 2 is 2.12 bits per heavy atom. The van der Waals surface area contributed by atoms with E-state index in [1.165, 1.54) is 36.1 Å². The first-order valence-electron chi connectivity index (χ1n) is 6.18. The minimum atomic E-state index is 0.796. The first-order chi connectivity index (χ1) is 7.66. The van der Waals surface area contributed by atoms with Crippen LogP contribution in [-0.2, 0) is 0 Å². The van der Waals surface area contributed by atoms with Gasteiger partial charge in [0.2, 0.25) is 0 Å². The standard InChI is InChI=1S/C14H21NS/c1-10-5-3-6-12(9-10)16-14-8-4-7-13(15)11(14)2/h4,7-8,10,12H,3,5-6,9,15H2,1-2H3. The maximum Gasteiger partial charge on any atom is 0.0354 e. The molecule has 1 aromatic rings. The Morgan fingerprint density at radius 3 is 2.88 bits per heavy atom. The number of hydrogen-bond acceptors (Lipinski definition) is 2. The lowest BCUT2D eigenvalue weighted by Gasteiger charge is -2.26. The third-order valence-electron chi connectivity index (χ3n) is 3.51. The van der Waals surface area contributed by atoms with E-state index in [0.29, 0.717) is 0 Å². The van der Waals surface area contributed by atoms with Crippen molar-refractivity contribution in [2.45, 2.75) is 49.7 Å². The molecule has 2 atom stereocenters. The minimum Gasteiger partial charge on any atom is -0.398 e. The Hall–Kier alpha value is -0.630. The van der Waals surface area contributed by atoms with Crippen molar-refractivity contribution in [1.29, 1.82) is 0 Å². The third kappa shape index (κ3) is 2.73. The number of nitrogens with two attached hydrogens (primary N) is 1. The molecule has 0 spiro atoms. The van der Waals surface area contributed by atoms with Crippen LogP contribution in [0.3, 0.4) is 0 Å². The van der Waals surface area contributed by atoms with E-state index in [0.717, 1.165) is 16.9 Å². The molecular weight excluding hydrogens is 214 g/mol. The van der Waals surface area contributed by atoms with Crippen LogP contribution < -0.4 is 5.73 Å². The van der Waals surface area contributed by atoms with Crippen LogP contribution in [0.15, 0.2) is 23.1 Å². The molecule has 1 aromatic carbocycles. The summed E-state index contributed by atoms with van der Waals surface area (Å²) in [5.41, 5.74) is 8.12. The van der Waals surface area contributed by atoms with Gasteiger partial charge < -0.3 is 5.73 Å². The van der Waals surface area contributed by atoms with Crippen LogP contribution in [0.25, 0.3) is 0 Å². The highest BCUT2D eigenvalue weighted by Crippen LogP contribution is 2.38. The highest BCUT2D eigenvalue weighted by Gasteiger charge is 2.20. The molecule has 1 saturated carbocycles. The van der Waals surface area contributed by atoms with E-state index in [-0.39, 0.29) is 0 Å². The van der Waals surface area contributed by atoms with Gasteiger partial charge in [0.15, 0.2) is 0 Å². The van der Waals surface area contributed by atoms with Crippen molar-refractivity contribution in [3.63, 3.8) is 0 Å². The van der Waals surface area contributed by atoms with E-state index >= 15 is 0 Å². The summed E-state index contributed by atoms with van der Waals surface area (Å²) in [6, 6.07) is 6.26. The summed E-state index contributed by atoms with van der Waals surface area (Å²) >= 11 is 2.03. The van der Waals surface area contributed by atoms with E-state index in [9.17, 15) is 0 Å². The number of thioether (sulfide) groups is 1. The molecule has 0 heterocycles. The highest BCUT2D eigenvalue weighted by atomic mass is 32.2. The Kier molecular flexibility index (Phi) is 3.80. The first-order valence-corrected chi connectivity index (χ1v) is 7.06. The molecule has 2 rings (SSSR count). The second kappa shape index (κ2) is 5.13. The summed E-state index contributed by atoms with van der Waals surface area (Å²) in [4.78, 5) is 1.37. The lowest BCUT2D eigenvalue weighted by atomic mass is 9.91. The molecule has 2 unspecified atom stereocenters. The normalized spacial score (nSPS) is 25.6. The molecule has 0 radical (unpaired) electrons. The number of nitrogen functional groups attached to an aromatic ring is 1. The van der Waals surface area contributed by atoms with Gasteiger partial charge in [-0.05, 0) is 43.4 Å². The van der Waals surface area contributed by atoms with Gasteiger partial charge in [-0.3, -0.25) is 0 Å². The molecule has 2 heteroatoms. The maximum absolute atomic E-state index is 5.94. The van der Waals surface area contributed by atoms with Crippen LogP contribution in [0.4, 0.5) is 5.69 Å². The van der Waals surface area contributed by atoms with Gasteiger partial charge in [0.05, 0.1) is 0 Å². The van der Waals surface area contributed by atoms with E-state index in [4.69, 9.17) is 5.73 Å². The maximum atomic E-state index is 5.94. The van der Waals surface area contributed by atoms with Crippen LogP contribution in [0.5, 0.6) is 0 Å². The largest absolute Gasteiger partial charge is 0.398 e. The van der Waals surface area contributed by atoms with E-state index in [2.05, 4.69) is 26.0 Å². The average Bonchev–Trinajstić information content (AvgIpc) is 2.25. The van der Waals surface area contributed by atoms with Gasteiger partial charge in [0.25, 0.3) is 0 Å². The Labute approximate surface area is 103 Å². The minimum absolute atomic E-state index is 0.796. The predicted octanol–water partition coefficient (Wildman–Crippen LogP) is 4.25. The third-order valence-corrected chi connectivity index (χ3v) is 4.97. The van der Waals surface area contributed by atoms with Gasteiger partial charge in [-0.25, -0.2) is 0 Å². The van der Waals surface area contributed by atoms with Gasteiger partial charge >= 0.3 is 0 Å². The van der Waals surface area contributed by atoms with Gasteiger partial charge in [-0.1, -0.05) is 25.8 Å². The van der Waals surface area contributed by atoms with Crippen molar-refractivity contribution >= 4 is 17.4 Å². The van der Waals surface area contributed by atoms with Gasteiger partial charge in [-0.2, -0.15) is 0 Å². The lowest BCUT2D eigenvalue weighted by molar-refractivity contribution is 0.394. The summed E-state index contributed by atoms with van der Waals surface area (Å²) in [7, 11) is 0. The zero-order valence-electron chi connectivity index (χ0n) is 10.2. The summed E-state index contributed by atoms with van der Waals surface area (Å²) in [6.07, 6.45) is 5.52. The number of hydrogen-bond donors (Lipinski definition) is 1. The number of anilines is 1. The molecule has 0 saturated heterocycles.